The molecule has 10 heavy (non-hydrogen) atoms. The van der Waals surface area contributed by atoms with E-state index >= 15 is 0 Å². The van der Waals surface area contributed by atoms with Crippen molar-refractivity contribution in [2.75, 3.05) is 14.2 Å². The highest BCUT2D eigenvalue weighted by Crippen LogP contribution is 1.87. The van der Waals surface area contributed by atoms with Crippen LogP contribution in [0.25, 0.3) is 0 Å². The molecule has 0 bridgehead atoms. The lowest BCUT2D eigenvalue weighted by Crippen LogP contribution is -3.00. The average molecular weight is 168 g/mol. The molecule has 3 nitrogen and oxygen atoms in total. The van der Waals surface area contributed by atoms with Crippen molar-refractivity contribution >= 4 is 5.97 Å². The van der Waals surface area contributed by atoms with Gasteiger partial charge in [0.2, 0.25) is 0 Å². The van der Waals surface area contributed by atoms with E-state index in [0.29, 0.717) is 5.57 Å². The summed E-state index contributed by atoms with van der Waals surface area (Å²) in [5.74, 6) is -0.347. The molecule has 0 aromatic carbocycles. The first kappa shape index (κ1) is 16.2. The van der Waals surface area contributed by atoms with Gasteiger partial charge in [-0.2, -0.15) is 0 Å². The molecule has 0 aliphatic rings. The Morgan fingerprint density at radius 3 is 1.80 bits per heavy atom. The molecule has 4 heteroatoms. The molecule has 0 rings (SSSR count). The molecule has 0 amide bonds. The van der Waals surface area contributed by atoms with E-state index in [2.05, 4.69) is 17.0 Å². The Kier molecular flexibility index (Phi) is 18.3. The van der Waals surface area contributed by atoms with Crippen molar-refractivity contribution in [2.45, 2.75) is 6.92 Å². The van der Waals surface area contributed by atoms with Gasteiger partial charge in [0.05, 0.1) is 14.2 Å². The van der Waals surface area contributed by atoms with E-state index < -0.39 is 0 Å². The molecule has 0 aliphatic heterocycles. The van der Waals surface area contributed by atoms with Crippen molar-refractivity contribution in [3.63, 3.8) is 0 Å². The zero-order valence-electron chi connectivity index (χ0n) is 6.61. The highest BCUT2D eigenvalue weighted by atomic mass is 35.5. The van der Waals surface area contributed by atoms with Crippen LogP contribution in [0.3, 0.4) is 0 Å². The monoisotopic (exact) mass is 167 g/mol. The van der Waals surface area contributed by atoms with Crippen LogP contribution < -0.4 is 18.1 Å². The molecule has 0 saturated carbocycles. The number of hydrogen-bond acceptors (Lipinski definition) is 2. The number of ether oxygens (including phenoxy) is 1. The molecule has 0 aromatic rings. The van der Waals surface area contributed by atoms with Gasteiger partial charge in [-0.05, 0) is 6.92 Å². The van der Waals surface area contributed by atoms with Gasteiger partial charge in [0.1, 0.15) is 0 Å². The van der Waals surface area contributed by atoms with E-state index in [9.17, 15) is 4.79 Å². The van der Waals surface area contributed by atoms with Gasteiger partial charge in [-0.15, -0.1) is 0 Å². The Labute approximate surface area is 67.6 Å². The fourth-order valence-corrected chi connectivity index (χ4v) is 0.174. The lowest BCUT2D eigenvalue weighted by molar-refractivity contribution is -0.325. The maximum atomic E-state index is 10.2. The van der Waals surface area contributed by atoms with Crippen LogP contribution in [0.2, 0.25) is 0 Å². The molecule has 62 valence electrons. The van der Waals surface area contributed by atoms with Crippen LogP contribution >= 0.6 is 0 Å². The Balaban J connectivity index is -0.000000149. The van der Waals surface area contributed by atoms with Crippen molar-refractivity contribution in [3.05, 3.63) is 12.2 Å². The van der Waals surface area contributed by atoms with Crippen molar-refractivity contribution in [1.82, 2.24) is 0 Å². The molecular formula is C6H14ClNO2. The van der Waals surface area contributed by atoms with Gasteiger partial charge >= 0.3 is 5.97 Å². The minimum atomic E-state index is -0.347. The number of hydrogen-bond donors (Lipinski definition) is 1. The predicted octanol–water partition coefficient (Wildman–Crippen LogP) is -3.40. The number of esters is 1. The maximum Gasteiger partial charge on any atom is 0.332 e. The molecule has 0 aromatic heterocycles. The Hall–Kier alpha value is -0.540. The van der Waals surface area contributed by atoms with E-state index in [4.69, 9.17) is 0 Å². The normalized spacial score (nSPS) is 6.00. The smallest absolute Gasteiger partial charge is 0.332 e. The summed E-state index contributed by atoms with van der Waals surface area (Å²) in [6, 6.07) is 0. The summed E-state index contributed by atoms with van der Waals surface area (Å²) in [5, 5.41) is 0. The Morgan fingerprint density at radius 1 is 1.50 bits per heavy atom. The second-order valence-corrected chi connectivity index (χ2v) is 1.27. The second kappa shape index (κ2) is 11.3. The minimum absolute atomic E-state index is 0. The van der Waals surface area contributed by atoms with Gasteiger partial charge in [-0.1, -0.05) is 6.58 Å². The molecule has 0 atom stereocenters. The summed E-state index contributed by atoms with van der Waals surface area (Å²) in [6.45, 7) is 4.95. The third-order valence-corrected chi connectivity index (χ3v) is 0.534. The van der Waals surface area contributed by atoms with Crippen LogP contribution in [0.4, 0.5) is 0 Å². The number of carbonyl (C=O) groups excluding carboxylic acids is 1. The maximum absolute atomic E-state index is 10.2. The Morgan fingerprint density at radius 2 is 1.80 bits per heavy atom. The number of carbonyl (C=O) groups is 1. The van der Waals surface area contributed by atoms with Crippen molar-refractivity contribution < 1.29 is 27.7 Å². The zero-order chi connectivity index (χ0) is 7.86. The Bertz CT molecular complexity index is 104. The van der Waals surface area contributed by atoms with Crippen LogP contribution in [0.1, 0.15) is 6.92 Å². The van der Waals surface area contributed by atoms with E-state index in [1.54, 1.807) is 14.0 Å². The highest BCUT2D eigenvalue weighted by molar-refractivity contribution is 5.86. The molecule has 0 unspecified atom stereocenters. The average Bonchev–Trinajstić information content (AvgIpc) is 1.91. The fraction of sp³-hybridized carbons (Fsp3) is 0.500. The molecule has 0 spiro atoms. The van der Waals surface area contributed by atoms with Gasteiger partial charge in [-0.3, -0.25) is 0 Å². The van der Waals surface area contributed by atoms with Crippen LogP contribution in [0.5, 0.6) is 0 Å². The summed E-state index contributed by atoms with van der Waals surface area (Å²) in [6.07, 6.45) is 0. The summed E-state index contributed by atoms with van der Waals surface area (Å²) in [7, 11) is 3.08. The number of rotatable bonds is 1. The molecule has 3 N–H and O–H groups in total. The predicted molar refractivity (Wildman–Crippen MR) is 35.6 cm³/mol. The van der Waals surface area contributed by atoms with Gasteiger partial charge in [0.25, 0.3) is 0 Å². The standard InChI is InChI=1S/C5H8O2.CH5N.ClH/c1-4(2)5(6)7-3;1-2;/h1H2,2-3H3;2H2,1H3;1H. The van der Waals surface area contributed by atoms with E-state index in [1.165, 1.54) is 7.11 Å². The number of methoxy groups -OCH3 is 1. The molecule has 0 saturated heterocycles. The van der Waals surface area contributed by atoms with Crippen LogP contribution in [0.15, 0.2) is 12.2 Å². The van der Waals surface area contributed by atoms with E-state index in [0.717, 1.165) is 0 Å². The molecule has 0 fully saturated rings. The summed E-state index contributed by atoms with van der Waals surface area (Å²) >= 11 is 0. The SMILES string of the molecule is C=C(C)C(=O)OC.C[NH3+].[Cl-]. The minimum Gasteiger partial charge on any atom is -1.00 e. The fourth-order valence-electron chi connectivity index (χ4n) is 0.174. The lowest BCUT2D eigenvalue weighted by Gasteiger charge is -1.91. The van der Waals surface area contributed by atoms with Gasteiger partial charge in [0.15, 0.2) is 0 Å². The number of quaternary nitrogens is 1. The number of halogens is 1. The quantitative estimate of drug-likeness (QED) is 0.327. The van der Waals surface area contributed by atoms with E-state index in [1.807, 2.05) is 0 Å². The topological polar surface area (TPSA) is 53.9 Å². The van der Waals surface area contributed by atoms with Crippen molar-refractivity contribution in [3.8, 4) is 0 Å². The molecule has 0 aliphatic carbocycles. The van der Waals surface area contributed by atoms with E-state index in [-0.39, 0.29) is 18.4 Å². The molecular weight excluding hydrogens is 154 g/mol. The van der Waals surface area contributed by atoms with Gasteiger partial charge in [0, 0.05) is 5.57 Å². The first-order chi connectivity index (χ1) is 4.18. The highest BCUT2D eigenvalue weighted by Gasteiger charge is 1.95. The first-order valence-corrected chi connectivity index (χ1v) is 2.63. The van der Waals surface area contributed by atoms with Crippen LogP contribution in [-0.4, -0.2) is 20.1 Å². The van der Waals surface area contributed by atoms with Gasteiger partial charge < -0.3 is 22.9 Å². The van der Waals surface area contributed by atoms with Crippen molar-refractivity contribution in [1.29, 1.82) is 0 Å². The summed E-state index contributed by atoms with van der Waals surface area (Å²) in [4.78, 5) is 10.2. The zero-order valence-corrected chi connectivity index (χ0v) is 7.36. The van der Waals surface area contributed by atoms with Gasteiger partial charge in [-0.25, -0.2) is 4.79 Å². The molecule has 0 heterocycles. The third kappa shape index (κ3) is 10.4. The largest absolute Gasteiger partial charge is 1.00 e. The summed E-state index contributed by atoms with van der Waals surface area (Å²) in [5.41, 5.74) is 3.68. The second-order valence-electron chi connectivity index (χ2n) is 1.27. The van der Waals surface area contributed by atoms with Crippen LogP contribution in [-0.2, 0) is 9.53 Å². The summed E-state index contributed by atoms with van der Waals surface area (Å²) < 4.78 is 4.27. The first-order valence-electron chi connectivity index (χ1n) is 2.63. The lowest BCUT2D eigenvalue weighted by atomic mass is 10.4. The van der Waals surface area contributed by atoms with Crippen LogP contribution in [0, 0.1) is 0 Å². The van der Waals surface area contributed by atoms with Crippen molar-refractivity contribution in [2.24, 2.45) is 0 Å². The molecule has 0 radical (unpaired) electrons. The third-order valence-electron chi connectivity index (χ3n) is 0.534.